The number of nitrogens with one attached hydrogen (secondary N) is 7. The summed E-state index contributed by atoms with van der Waals surface area (Å²) in [7, 11) is 0. The van der Waals surface area contributed by atoms with Gasteiger partial charge in [-0.2, -0.15) is 0 Å². The minimum atomic E-state index is -1.28. The average Bonchev–Trinajstić information content (AvgIpc) is 4.00. The number of nitrogens with two attached hydrogens (primary N) is 3. The van der Waals surface area contributed by atoms with E-state index in [2.05, 4.69) is 46.5 Å². The van der Waals surface area contributed by atoms with Gasteiger partial charge in [-0.05, 0) is 55.7 Å². The molecule has 5 rings (SSSR count). The second kappa shape index (κ2) is 26.8. The molecule has 20 nitrogen and oxygen atoms in total. The van der Waals surface area contributed by atoms with Crippen LogP contribution in [0, 0.1) is 11.8 Å². The second-order valence-corrected chi connectivity index (χ2v) is 17.6. The van der Waals surface area contributed by atoms with Gasteiger partial charge in [0, 0.05) is 92.4 Å². The van der Waals surface area contributed by atoms with Crippen molar-refractivity contribution in [2.24, 2.45) is 34.0 Å². The lowest BCUT2D eigenvalue weighted by Crippen LogP contribution is -2.57. The number of carbonyl (C=O) groups excluding carboxylic acids is 8. The molecule has 0 unspecified atom stereocenters. The number of primary amides is 1. The smallest absolute Gasteiger partial charge is 0.243 e. The van der Waals surface area contributed by atoms with Crippen molar-refractivity contribution >= 4 is 63.9 Å². The molecule has 0 saturated carbocycles. The molecule has 3 heterocycles. The van der Waals surface area contributed by atoms with Gasteiger partial charge in [0.05, 0.1) is 12.4 Å². The maximum absolute atomic E-state index is 14.6. The van der Waals surface area contributed by atoms with Crippen LogP contribution >= 0.6 is 0 Å². The first kappa shape index (κ1) is 52.6. The Kier molecular flexibility index (Phi) is 20.4. The van der Waals surface area contributed by atoms with Crippen LogP contribution in [0.4, 0.5) is 0 Å². The van der Waals surface area contributed by atoms with Gasteiger partial charge in [0.2, 0.25) is 35.4 Å². The zero-order valence-corrected chi connectivity index (χ0v) is 39.1. The van der Waals surface area contributed by atoms with Crippen LogP contribution in [0.15, 0.2) is 78.3 Å². The fraction of sp³-hybridized carbons (Fsp3) is 0.469. The zero-order chi connectivity index (χ0) is 49.7. The lowest BCUT2D eigenvalue weighted by Gasteiger charge is -2.26. The number of aliphatic imine (C=N–C) groups is 1. The summed E-state index contributed by atoms with van der Waals surface area (Å²) in [4.78, 5) is 126. The van der Waals surface area contributed by atoms with E-state index in [-0.39, 0.29) is 89.7 Å². The predicted octanol–water partition coefficient (Wildman–Crippen LogP) is 1.43. The van der Waals surface area contributed by atoms with Crippen molar-refractivity contribution in [2.75, 3.05) is 13.1 Å². The summed E-state index contributed by atoms with van der Waals surface area (Å²) >= 11 is 0. The highest BCUT2D eigenvalue weighted by Gasteiger charge is 2.35. The van der Waals surface area contributed by atoms with E-state index in [9.17, 15) is 38.4 Å². The topological polar surface area (TPSA) is 332 Å². The summed E-state index contributed by atoms with van der Waals surface area (Å²) in [5.74, 6) is -7.02. The van der Waals surface area contributed by atoms with E-state index in [0.29, 0.717) is 17.7 Å². The third kappa shape index (κ3) is 17.0. The van der Waals surface area contributed by atoms with Gasteiger partial charge >= 0.3 is 0 Å². The molecule has 4 aromatic rings. The molecule has 2 aromatic heterocycles. The van der Waals surface area contributed by atoms with Crippen LogP contribution in [0.5, 0.6) is 0 Å². The highest BCUT2D eigenvalue weighted by Crippen LogP contribution is 2.24. The zero-order valence-electron chi connectivity index (χ0n) is 39.1. The first-order valence-corrected chi connectivity index (χ1v) is 23.6. The number of fused-ring (bicyclic) bond motifs is 1. The van der Waals surface area contributed by atoms with Crippen molar-refractivity contribution in [2.45, 2.75) is 121 Å². The number of rotatable bonds is 18. The molecule has 20 heteroatoms. The number of para-hydroxylation sites is 1. The number of H-pyrrole nitrogens is 2. The standard InChI is InChI=1S/C49H66N12O8/c1-2-3-5-16-44(65)58-37-17-18-43(64)54-21-19-32(46(67)60-39(45(50)66)23-33-27-56-36-15-9-8-14-35(33)36)25-41(62)31(13-10-20-55-49(51)52)24-42(63)38(22-30-11-6-4-7-12-30)59-48(69)40(61-47(37)68)26-34-28-53-29-57-34/h4,6-9,11-12,14-15,27-29,31-32,37-40,56H,2-3,5,10,13,16-26H2,1H3,(H2,50,66)(H,53,57)(H,54,64)(H,58,65)(H,59,69)(H,60,67)(H,61,68)(H4,51,52,55)/t31-,32-,37+,38-,39+,40+/m1/s1. The summed E-state index contributed by atoms with van der Waals surface area (Å²) in [5.41, 5.74) is 19.7. The number of imidazole rings is 1. The molecule has 0 aliphatic carbocycles. The van der Waals surface area contributed by atoms with Crippen LogP contribution in [-0.2, 0) is 57.6 Å². The Morgan fingerprint density at radius 1 is 0.841 bits per heavy atom. The van der Waals surface area contributed by atoms with E-state index < -0.39 is 83.0 Å². The second-order valence-electron chi connectivity index (χ2n) is 17.6. The van der Waals surface area contributed by atoms with Crippen molar-refractivity contribution in [1.29, 1.82) is 0 Å². The number of carbonyl (C=O) groups is 8. The van der Waals surface area contributed by atoms with Crippen molar-refractivity contribution in [3.05, 3.63) is 90.1 Å². The Labute approximate surface area is 400 Å². The predicted molar refractivity (Wildman–Crippen MR) is 258 cm³/mol. The first-order chi connectivity index (χ1) is 33.2. The SMILES string of the molecule is CCCCCC(=O)N[C@H]1CCC(=O)NCC[C@@H](C(=O)N[C@@H](Cc2c[nH]c3ccccc23)C(N)=O)CC(=O)[C@H](CCCN=C(N)N)CC(=O)[C@@H](Cc2ccccc2)NC(=O)[C@H](Cc2cnc[nH]2)NC1=O. The monoisotopic (exact) mass is 951 g/mol. The van der Waals surface area contributed by atoms with Gasteiger partial charge in [0.15, 0.2) is 11.7 Å². The molecule has 1 aliphatic heterocycles. The Morgan fingerprint density at radius 3 is 2.32 bits per heavy atom. The summed E-state index contributed by atoms with van der Waals surface area (Å²) in [6, 6.07) is 11.5. The highest BCUT2D eigenvalue weighted by atomic mass is 16.2. The van der Waals surface area contributed by atoms with E-state index in [1.54, 1.807) is 36.5 Å². The minimum absolute atomic E-state index is 0.0330. The molecule has 0 bridgehead atoms. The molecule has 13 N–H and O–H groups in total. The van der Waals surface area contributed by atoms with Gasteiger partial charge in [-0.15, -0.1) is 0 Å². The molecular formula is C49H66N12O8. The molecule has 1 saturated heterocycles. The maximum Gasteiger partial charge on any atom is 0.243 e. The van der Waals surface area contributed by atoms with Gasteiger partial charge in [-0.3, -0.25) is 43.3 Å². The number of hydrogen-bond acceptors (Lipinski definition) is 10. The molecule has 0 radical (unpaired) electrons. The number of amides is 6. The maximum atomic E-state index is 14.6. The Morgan fingerprint density at radius 2 is 1.59 bits per heavy atom. The number of hydrogen-bond donors (Lipinski definition) is 10. The van der Waals surface area contributed by atoms with Gasteiger partial charge in [0.25, 0.3) is 0 Å². The van der Waals surface area contributed by atoms with Crippen LogP contribution in [0.1, 0.15) is 94.4 Å². The molecule has 1 fully saturated rings. The number of benzene rings is 2. The number of Topliss-reactive ketones (excluding diaryl/α,β-unsaturated/α-hetero) is 2. The fourth-order valence-corrected chi connectivity index (χ4v) is 8.36. The van der Waals surface area contributed by atoms with Gasteiger partial charge < -0.3 is 53.8 Å². The quantitative estimate of drug-likeness (QED) is 0.0386. The van der Waals surface area contributed by atoms with Crippen molar-refractivity contribution < 1.29 is 38.4 Å². The third-order valence-electron chi connectivity index (χ3n) is 12.2. The first-order valence-electron chi connectivity index (χ1n) is 23.6. The largest absolute Gasteiger partial charge is 0.370 e. The minimum Gasteiger partial charge on any atom is -0.370 e. The normalized spacial score (nSPS) is 20.5. The number of unbranched alkanes of at least 4 members (excludes halogenated alkanes) is 2. The molecule has 69 heavy (non-hydrogen) atoms. The van der Waals surface area contributed by atoms with Crippen LogP contribution < -0.4 is 43.8 Å². The third-order valence-corrected chi connectivity index (χ3v) is 12.2. The van der Waals surface area contributed by atoms with Crippen LogP contribution in [-0.4, -0.2) is 105 Å². The van der Waals surface area contributed by atoms with Gasteiger partial charge in [-0.1, -0.05) is 68.3 Å². The van der Waals surface area contributed by atoms with Crippen molar-refractivity contribution in [3.63, 3.8) is 0 Å². The van der Waals surface area contributed by atoms with E-state index in [0.717, 1.165) is 29.3 Å². The summed E-state index contributed by atoms with van der Waals surface area (Å²) in [6.45, 7) is 2.04. The molecule has 370 valence electrons. The summed E-state index contributed by atoms with van der Waals surface area (Å²) in [5, 5.41) is 14.7. The summed E-state index contributed by atoms with van der Waals surface area (Å²) in [6.07, 6.45) is 6.25. The lowest BCUT2D eigenvalue weighted by atomic mass is 9.84. The Bertz CT molecular complexity index is 2400. The van der Waals surface area contributed by atoms with Crippen LogP contribution in [0.25, 0.3) is 10.9 Å². The number of aromatic amines is 2. The molecule has 0 spiro atoms. The van der Waals surface area contributed by atoms with Crippen molar-refractivity contribution in [3.8, 4) is 0 Å². The molecule has 6 amide bonds. The fourth-order valence-electron chi connectivity index (χ4n) is 8.36. The van der Waals surface area contributed by atoms with E-state index in [1.807, 2.05) is 31.2 Å². The number of aromatic nitrogens is 3. The summed E-state index contributed by atoms with van der Waals surface area (Å²) < 4.78 is 0. The number of guanidine groups is 1. The molecule has 2 aromatic carbocycles. The van der Waals surface area contributed by atoms with E-state index in [1.165, 1.54) is 12.5 Å². The highest BCUT2D eigenvalue weighted by molar-refractivity contribution is 5.97. The Balaban J connectivity index is 1.49. The van der Waals surface area contributed by atoms with E-state index in [4.69, 9.17) is 17.2 Å². The average molecular weight is 951 g/mol. The molecule has 6 atom stereocenters. The number of ketones is 2. The van der Waals surface area contributed by atoms with Crippen molar-refractivity contribution in [1.82, 2.24) is 41.5 Å². The van der Waals surface area contributed by atoms with Crippen LogP contribution in [0.3, 0.4) is 0 Å². The molecule has 1 aliphatic rings. The lowest BCUT2D eigenvalue weighted by molar-refractivity contribution is -0.135. The van der Waals surface area contributed by atoms with Gasteiger partial charge in [-0.25, -0.2) is 4.98 Å². The van der Waals surface area contributed by atoms with Crippen LogP contribution in [0.2, 0.25) is 0 Å². The Hall–Kier alpha value is -7.38. The molecular weight excluding hydrogens is 885 g/mol. The van der Waals surface area contributed by atoms with Gasteiger partial charge in [0.1, 0.15) is 23.9 Å². The van der Waals surface area contributed by atoms with E-state index >= 15 is 0 Å². The number of nitrogens with zero attached hydrogens (tertiary/aromatic N) is 2.